The van der Waals surface area contributed by atoms with Crippen LogP contribution in [0.15, 0.2) is 12.1 Å². The highest BCUT2D eigenvalue weighted by molar-refractivity contribution is 5.80. The van der Waals surface area contributed by atoms with E-state index in [9.17, 15) is 4.79 Å². The van der Waals surface area contributed by atoms with Crippen molar-refractivity contribution in [3.05, 3.63) is 23.3 Å². The lowest BCUT2D eigenvalue weighted by atomic mass is 9.91. The summed E-state index contributed by atoms with van der Waals surface area (Å²) in [6.07, 6.45) is 6.29. The molecule has 116 valence electrons. The Morgan fingerprint density at radius 1 is 1.18 bits per heavy atom. The van der Waals surface area contributed by atoms with E-state index in [-0.39, 0.29) is 5.92 Å². The number of aromatic amines is 1. The molecule has 0 unspecified atom stereocenters. The van der Waals surface area contributed by atoms with E-state index in [2.05, 4.69) is 22.0 Å². The summed E-state index contributed by atoms with van der Waals surface area (Å²) >= 11 is 0. The highest BCUT2D eigenvalue weighted by Crippen LogP contribution is 2.28. The summed E-state index contributed by atoms with van der Waals surface area (Å²) in [4.78, 5) is 21.4. The average molecular weight is 299 g/mol. The van der Waals surface area contributed by atoms with Crippen LogP contribution in [0.4, 0.5) is 5.95 Å². The molecule has 1 aromatic heterocycles. The summed E-state index contributed by atoms with van der Waals surface area (Å²) in [5.41, 5.74) is 5.05. The summed E-state index contributed by atoms with van der Waals surface area (Å²) in [6, 6.07) is 4.48. The molecule has 0 saturated carbocycles. The lowest BCUT2D eigenvalue weighted by Gasteiger charge is -2.29. The first-order valence-corrected chi connectivity index (χ1v) is 8.20. The van der Waals surface area contributed by atoms with Gasteiger partial charge >= 0.3 is 5.97 Å². The number of fused-ring (bicyclic) bond motifs is 2. The van der Waals surface area contributed by atoms with E-state index in [0.717, 1.165) is 36.5 Å². The minimum atomic E-state index is -0.670. The molecule has 1 aromatic carbocycles. The molecule has 1 aliphatic heterocycles. The van der Waals surface area contributed by atoms with E-state index in [1.807, 2.05) is 0 Å². The number of anilines is 1. The summed E-state index contributed by atoms with van der Waals surface area (Å²) in [5, 5.41) is 9.09. The number of nitrogens with one attached hydrogen (secondary N) is 1. The Morgan fingerprint density at radius 2 is 1.86 bits per heavy atom. The minimum absolute atomic E-state index is 0.201. The third-order valence-corrected chi connectivity index (χ3v) is 5.08. The molecule has 0 spiro atoms. The molecule has 2 aliphatic rings. The number of nitrogens with zero attached hydrogens (tertiary/aromatic N) is 2. The number of benzene rings is 1. The van der Waals surface area contributed by atoms with Crippen LogP contribution in [0.5, 0.6) is 0 Å². The van der Waals surface area contributed by atoms with Crippen molar-refractivity contribution in [2.45, 2.75) is 38.5 Å². The van der Waals surface area contributed by atoms with Crippen molar-refractivity contribution in [3.63, 3.8) is 0 Å². The number of carboxylic acids is 1. The van der Waals surface area contributed by atoms with Gasteiger partial charge in [0.25, 0.3) is 0 Å². The van der Waals surface area contributed by atoms with Gasteiger partial charge in [0.05, 0.1) is 17.0 Å². The predicted octanol–water partition coefficient (Wildman–Crippen LogP) is 2.74. The highest BCUT2D eigenvalue weighted by atomic mass is 16.4. The molecule has 0 atom stereocenters. The number of H-pyrrole nitrogens is 1. The predicted molar refractivity (Wildman–Crippen MR) is 85.3 cm³/mol. The van der Waals surface area contributed by atoms with Gasteiger partial charge in [-0.05, 0) is 61.8 Å². The van der Waals surface area contributed by atoms with Crippen molar-refractivity contribution in [3.8, 4) is 0 Å². The highest BCUT2D eigenvalue weighted by Gasteiger charge is 2.26. The Labute approximate surface area is 129 Å². The second-order valence-electron chi connectivity index (χ2n) is 6.51. The minimum Gasteiger partial charge on any atom is -0.481 e. The van der Waals surface area contributed by atoms with Gasteiger partial charge in [-0.1, -0.05) is 0 Å². The molecule has 1 aliphatic carbocycles. The zero-order valence-corrected chi connectivity index (χ0v) is 12.6. The van der Waals surface area contributed by atoms with Crippen LogP contribution in [-0.2, 0) is 17.6 Å². The lowest BCUT2D eigenvalue weighted by molar-refractivity contribution is -0.142. The Bertz CT molecular complexity index is 671. The molecule has 1 fully saturated rings. The molecule has 2 aromatic rings. The molecule has 2 N–H and O–H groups in total. The molecule has 0 amide bonds. The number of carboxylic acid groups (broad SMARTS) is 1. The van der Waals surface area contributed by atoms with E-state index in [4.69, 9.17) is 10.1 Å². The van der Waals surface area contributed by atoms with Gasteiger partial charge < -0.3 is 15.0 Å². The third kappa shape index (κ3) is 2.34. The average Bonchev–Trinajstić information content (AvgIpc) is 2.95. The van der Waals surface area contributed by atoms with Crippen LogP contribution >= 0.6 is 0 Å². The van der Waals surface area contributed by atoms with E-state index in [1.165, 1.54) is 30.4 Å². The first-order chi connectivity index (χ1) is 10.7. The maximum Gasteiger partial charge on any atom is 0.306 e. The van der Waals surface area contributed by atoms with Crippen molar-refractivity contribution in [2.24, 2.45) is 5.92 Å². The largest absolute Gasteiger partial charge is 0.481 e. The second-order valence-corrected chi connectivity index (χ2v) is 6.51. The first-order valence-electron chi connectivity index (χ1n) is 8.20. The third-order valence-electron chi connectivity index (χ3n) is 5.08. The number of hydrogen-bond donors (Lipinski definition) is 2. The number of imidazole rings is 1. The quantitative estimate of drug-likeness (QED) is 0.894. The fourth-order valence-corrected chi connectivity index (χ4v) is 3.72. The Kier molecular flexibility index (Phi) is 3.28. The molecular formula is C17H21N3O2. The van der Waals surface area contributed by atoms with E-state index in [1.54, 1.807) is 0 Å². The van der Waals surface area contributed by atoms with Crippen molar-refractivity contribution in [1.29, 1.82) is 0 Å². The molecule has 0 bridgehead atoms. The van der Waals surface area contributed by atoms with E-state index >= 15 is 0 Å². The molecule has 5 nitrogen and oxygen atoms in total. The van der Waals surface area contributed by atoms with Crippen molar-refractivity contribution in [1.82, 2.24) is 9.97 Å². The second kappa shape index (κ2) is 5.30. The summed E-state index contributed by atoms with van der Waals surface area (Å²) in [6.45, 7) is 1.52. The van der Waals surface area contributed by atoms with Gasteiger partial charge in [-0.15, -0.1) is 0 Å². The Morgan fingerprint density at radius 3 is 2.55 bits per heavy atom. The van der Waals surface area contributed by atoms with Gasteiger partial charge in [-0.25, -0.2) is 4.98 Å². The summed E-state index contributed by atoms with van der Waals surface area (Å²) in [7, 11) is 0. The van der Waals surface area contributed by atoms with Gasteiger partial charge in [-0.2, -0.15) is 0 Å². The maximum absolute atomic E-state index is 11.0. The zero-order chi connectivity index (χ0) is 15.1. The van der Waals surface area contributed by atoms with Crippen LogP contribution in [0.25, 0.3) is 11.0 Å². The Balaban J connectivity index is 1.59. The van der Waals surface area contributed by atoms with Crippen LogP contribution in [0.1, 0.15) is 36.8 Å². The fourth-order valence-electron chi connectivity index (χ4n) is 3.72. The number of carbonyl (C=O) groups is 1. The van der Waals surface area contributed by atoms with Gasteiger partial charge in [0.1, 0.15) is 0 Å². The molecular weight excluding hydrogens is 278 g/mol. The number of aryl methyl sites for hydroxylation is 2. The maximum atomic E-state index is 11.0. The van der Waals surface area contributed by atoms with E-state index < -0.39 is 5.97 Å². The van der Waals surface area contributed by atoms with Gasteiger partial charge in [0.15, 0.2) is 0 Å². The number of aromatic nitrogens is 2. The number of hydrogen-bond acceptors (Lipinski definition) is 3. The summed E-state index contributed by atoms with van der Waals surface area (Å²) < 4.78 is 0. The normalized spacial score (nSPS) is 19.4. The van der Waals surface area contributed by atoms with Gasteiger partial charge in [-0.3, -0.25) is 4.79 Å². The molecule has 22 heavy (non-hydrogen) atoms. The number of aliphatic carboxylic acids is 1. The van der Waals surface area contributed by atoms with Crippen LogP contribution in [0, 0.1) is 5.92 Å². The molecule has 1 saturated heterocycles. The molecule has 2 heterocycles. The fraction of sp³-hybridized carbons (Fsp3) is 0.529. The monoisotopic (exact) mass is 299 g/mol. The van der Waals surface area contributed by atoms with Crippen LogP contribution in [0.3, 0.4) is 0 Å². The van der Waals surface area contributed by atoms with Crippen LogP contribution in [-0.4, -0.2) is 34.1 Å². The van der Waals surface area contributed by atoms with E-state index in [0.29, 0.717) is 12.8 Å². The Hall–Kier alpha value is -2.04. The van der Waals surface area contributed by atoms with Gasteiger partial charge in [0.2, 0.25) is 5.95 Å². The zero-order valence-electron chi connectivity index (χ0n) is 12.6. The molecule has 5 heteroatoms. The number of rotatable bonds is 2. The SMILES string of the molecule is O=C(O)C1CCN(c2nc3cc4c(cc3[nH]2)CCCC4)CC1. The number of piperidine rings is 1. The lowest BCUT2D eigenvalue weighted by Crippen LogP contribution is -2.36. The summed E-state index contributed by atoms with van der Waals surface area (Å²) in [5.74, 6) is 0.0195. The smallest absolute Gasteiger partial charge is 0.306 e. The van der Waals surface area contributed by atoms with Crippen molar-refractivity contribution >= 4 is 23.0 Å². The standard InChI is InChI=1S/C17H21N3O2/c21-16(22)11-5-7-20(8-6-11)17-18-14-9-12-3-1-2-4-13(12)10-15(14)19-17/h9-11H,1-8H2,(H,18,19)(H,21,22). The first kappa shape index (κ1) is 13.6. The van der Waals surface area contributed by atoms with Crippen LogP contribution < -0.4 is 4.90 Å². The van der Waals surface area contributed by atoms with Gasteiger partial charge in [0, 0.05) is 13.1 Å². The molecule has 0 radical (unpaired) electrons. The van der Waals surface area contributed by atoms with Crippen molar-refractivity contribution in [2.75, 3.05) is 18.0 Å². The van der Waals surface area contributed by atoms with Crippen molar-refractivity contribution < 1.29 is 9.90 Å². The van der Waals surface area contributed by atoms with Crippen LogP contribution in [0.2, 0.25) is 0 Å². The molecule has 4 rings (SSSR count). The topological polar surface area (TPSA) is 69.2 Å².